The van der Waals surface area contributed by atoms with Crippen molar-refractivity contribution < 1.29 is 17.6 Å². The lowest BCUT2D eigenvalue weighted by Gasteiger charge is -2.18. The summed E-state index contributed by atoms with van der Waals surface area (Å²) in [6.45, 7) is 5.18. The Kier molecular flexibility index (Phi) is 6.27. The van der Waals surface area contributed by atoms with Gasteiger partial charge in [0.2, 0.25) is 10.0 Å². The number of halogens is 1. The van der Waals surface area contributed by atoms with Crippen LogP contribution in [0.5, 0.6) is 0 Å². The Balaban J connectivity index is 2.04. The van der Waals surface area contributed by atoms with Gasteiger partial charge in [0, 0.05) is 25.2 Å². The SMILES string of the molecule is CCN(CC)C(=O)c1ccc(CNS(=O)(=O)c2ccc(F)cc2)cc1. The minimum absolute atomic E-state index is 0.00207. The van der Waals surface area contributed by atoms with Gasteiger partial charge in [-0.3, -0.25) is 4.79 Å². The third-order valence-corrected chi connectivity index (χ3v) is 5.26. The van der Waals surface area contributed by atoms with Crippen LogP contribution in [-0.2, 0) is 16.6 Å². The fourth-order valence-corrected chi connectivity index (χ4v) is 3.35. The number of benzene rings is 2. The van der Waals surface area contributed by atoms with E-state index in [1.54, 1.807) is 29.2 Å². The van der Waals surface area contributed by atoms with Crippen molar-refractivity contribution in [2.75, 3.05) is 13.1 Å². The zero-order valence-electron chi connectivity index (χ0n) is 14.2. The van der Waals surface area contributed by atoms with Crippen LogP contribution in [0, 0.1) is 5.82 Å². The van der Waals surface area contributed by atoms with Crippen LogP contribution in [0.2, 0.25) is 0 Å². The van der Waals surface area contributed by atoms with Gasteiger partial charge < -0.3 is 4.90 Å². The Morgan fingerprint density at radius 3 is 2.08 bits per heavy atom. The molecule has 1 amide bonds. The van der Waals surface area contributed by atoms with E-state index in [1.807, 2.05) is 13.8 Å². The van der Waals surface area contributed by atoms with Crippen molar-refractivity contribution in [2.45, 2.75) is 25.3 Å². The average Bonchev–Trinajstić information content (AvgIpc) is 2.62. The second kappa shape index (κ2) is 8.22. The Morgan fingerprint density at radius 2 is 1.56 bits per heavy atom. The van der Waals surface area contributed by atoms with Gasteiger partial charge >= 0.3 is 0 Å². The lowest BCUT2D eigenvalue weighted by molar-refractivity contribution is 0.0773. The molecule has 25 heavy (non-hydrogen) atoms. The number of carbonyl (C=O) groups excluding carboxylic acids is 1. The lowest BCUT2D eigenvalue weighted by atomic mass is 10.1. The van der Waals surface area contributed by atoms with Crippen LogP contribution in [0.4, 0.5) is 4.39 Å². The lowest BCUT2D eigenvalue weighted by Crippen LogP contribution is -2.30. The van der Waals surface area contributed by atoms with Crippen LogP contribution in [0.25, 0.3) is 0 Å². The number of nitrogens with one attached hydrogen (secondary N) is 1. The Bertz CT molecular complexity index is 814. The summed E-state index contributed by atoms with van der Waals surface area (Å²) in [4.78, 5) is 13.9. The van der Waals surface area contributed by atoms with Crippen molar-refractivity contribution in [3.05, 3.63) is 65.5 Å². The second-order valence-corrected chi connectivity index (χ2v) is 7.22. The van der Waals surface area contributed by atoms with Crippen LogP contribution in [0.1, 0.15) is 29.8 Å². The maximum Gasteiger partial charge on any atom is 0.253 e. The average molecular weight is 364 g/mol. The molecule has 134 valence electrons. The molecule has 0 aliphatic carbocycles. The van der Waals surface area contributed by atoms with E-state index in [-0.39, 0.29) is 17.3 Å². The predicted molar refractivity (Wildman–Crippen MR) is 94.1 cm³/mol. The Labute approximate surface area is 147 Å². The van der Waals surface area contributed by atoms with Crippen LogP contribution in [0.3, 0.4) is 0 Å². The van der Waals surface area contributed by atoms with Crippen molar-refractivity contribution in [2.24, 2.45) is 0 Å². The molecule has 0 radical (unpaired) electrons. The maximum atomic E-state index is 12.9. The van der Waals surface area contributed by atoms with Crippen LogP contribution < -0.4 is 4.72 Å². The minimum atomic E-state index is -3.71. The topological polar surface area (TPSA) is 66.5 Å². The number of hydrogen-bond acceptors (Lipinski definition) is 3. The Hall–Kier alpha value is -2.25. The fourth-order valence-electron chi connectivity index (χ4n) is 2.33. The molecule has 2 aromatic rings. The van der Waals surface area contributed by atoms with Crippen molar-refractivity contribution in [1.29, 1.82) is 0 Å². The van der Waals surface area contributed by atoms with Gasteiger partial charge in [0.15, 0.2) is 0 Å². The van der Waals surface area contributed by atoms with E-state index >= 15 is 0 Å². The van der Waals surface area contributed by atoms with E-state index in [1.165, 1.54) is 12.1 Å². The summed E-state index contributed by atoms with van der Waals surface area (Å²) in [5.41, 5.74) is 1.29. The van der Waals surface area contributed by atoms with E-state index < -0.39 is 15.8 Å². The summed E-state index contributed by atoms with van der Waals surface area (Å²) >= 11 is 0. The van der Waals surface area contributed by atoms with Gasteiger partial charge in [-0.15, -0.1) is 0 Å². The minimum Gasteiger partial charge on any atom is -0.339 e. The van der Waals surface area contributed by atoms with Crippen molar-refractivity contribution >= 4 is 15.9 Å². The standard InChI is InChI=1S/C18H21FN2O3S/c1-3-21(4-2)18(22)15-7-5-14(6-8-15)13-20-25(23,24)17-11-9-16(19)10-12-17/h5-12,20H,3-4,13H2,1-2H3. The number of carbonyl (C=O) groups is 1. The first-order valence-electron chi connectivity index (χ1n) is 8.00. The molecule has 7 heteroatoms. The van der Waals surface area contributed by atoms with Crippen molar-refractivity contribution in [1.82, 2.24) is 9.62 Å². The van der Waals surface area contributed by atoms with Gasteiger partial charge in [0.1, 0.15) is 5.82 Å². The predicted octanol–water partition coefficient (Wildman–Crippen LogP) is 2.79. The molecule has 0 aromatic heterocycles. The van der Waals surface area contributed by atoms with E-state index in [2.05, 4.69) is 4.72 Å². The molecule has 5 nitrogen and oxygen atoms in total. The number of amides is 1. The highest BCUT2D eigenvalue weighted by atomic mass is 32.2. The first kappa shape index (κ1) is 19.1. The molecule has 0 saturated carbocycles. The van der Waals surface area contributed by atoms with E-state index in [0.717, 1.165) is 17.7 Å². The van der Waals surface area contributed by atoms with E-state index in [0.29, 0.717) is 18.7 Å². The maximum absolute atomic E-state index is 12.9. The molecule has 2 aromatic carbocycles. The molecular weight excluding hydrogens is 343 g/mol. The molecule has 0 unspecified atom stereocenters. The third-order valence-electron chi connectivity index (χ3n) is 3.84. The quantitative estimate of drug-likeness (QED) is 0.821. The molecule has 0 saturated heterocycles. The van der Waals surface area contributed by atoms with Gasteiger partial charge in [-0.1, -0.05) is 12.1 Å². The fraction of sp³-hybridized carbons (Fsp3) is 0.278. The smallest absolute Gasteiger partial charge is 0.253 e. The van der Waals surface area contributed by atoms with Crippen molar-refractivity contribution in [3.8, 4) is 0 Å². The van der Waals surface area contributed by atoms with Gasteiger partial charge in [-0.25, -0.2) is 17.5 Å². The molecule has 0 heterocycles. The number of hydrogen-bond donors (Lipinski definition) is 1. The Morgan fingerprint density at radius 1 is 1.00 bits per heavy atom. The summed E-state index contributed by atoms with van der Waals surface area (Å²) in [6.07, 6.45) is 0. The van der Waals surface area contributed by atoms with Gasteiger partial charge in [0.25, 0.3) is 5.91 Å². The largest absolute Gasteiger partial charge is 0.339 e. The van der Waals surface area contributed by atoms with E-state index in [9.17, 15) is 17.6 Å². The number of rotatable bonds is 7. The third kappa shape index (κ3) is 4.87. The molecule has 0 aliphatic rings. The number of sulfonamides is 1. The highest BCUT2D eigenvalue weighted by Crippen LogP contribution is 2.12. The highest BCUT2D eigenvalue weighted by molar-refractivity contribution is 7.89. The van der Waals surface area contributed by atoms with E-state index in [4.69, 9.17) is 0 Å². The first-order chi connectivity index (χ1) is 11.9. The molecular formula is C18H21FN2O3S. The molecule has 0 spiro atoms. The highest BCUT2D eigenvalue weighted by Gasteiger charge is 2.15. The molecule has 0 aliphatic heterocycles. The monoisotopic (exact) mass is 364 g/mol. The molecule has 2 rings (SSSR count). The van der Waals surface area contributed by atoms with Crippen molar-refractivity contribution in [3.63, 3.8) is 0 Å². The summed E-state index contributed by atoms with van der Waals surface area (Å²) in [6, 6.07) is 11.4. The number of nitrogens with zero attached hydrogens (tertiary/aromatic N) is 1. The van der Waals surface area contributed by atoms with Crippen LogP contribution in [-0.4, -0.2) is 32.3 Å². The zero-order chi connectivity index (χ0) is 18.4. The first-order valence-corrected chi connectivity index (χ1v) is 9.49. The summed E-state index contributed by atoms with van der Waals surface area (Å²) < 4.78 is 39.7. The van der Waals surface area contributed by atoms with Gasteiger partial charge in [0.05, 0.1) is 4.90 Å². The molecule has 0 atom stereocenters. The molecule has 0 fully saturated rings. The zero-order valence-corrected chi connectivity index (χ0v) is 15.0. The van der Waals surface area contributed by atoms with Crippen LogP contribution >= 0.6 is 0 Å². The van der Waals surface area contributed by atoms with Crippen LogP contribution in [0.15, 0.2) is 53.4 Å². The summed E-state index contributed by atoms with van der Waals surface area (Å²) in [7, 11) is -3.71. The molecule has 1 N–H and O–H groups in total. The second-order valence-electron chi connectivity index (χ2n) is 5.45. The normalized spacial score (nSPS) is 11.3. The summed E-state index contributed by atoms with van der Waals surface area (Å²) in [5.74, 6) is -0.546. The summed E-state index contributed by atoms with van der Waals surface area (Å²) in [5, 5.41) is 0. The van der Waals surface area contributed by atoms with Gasteiger partial charge in [-0.05, 0) is 55.8 Å². The van der Waals surface area contributed by atoms with Gasteiger partial charge in [-0.2, -0.15) is 0 Å². The molecule has 0 bridgehead atoms.